The van der Waals surface area contributed by atoms with Gasteiger partial charge in [0, 0.05) is 10.6 Å². The molecule has 0 atom stereocenters. The van der Waals surface area contributed by atoms with Gasteiger partial charge in [-0.1, -0.05) is 0 Å². The van der Waals surface area contributed by atoms with E-state index in [1.807, 2.05) is 13.1 Å². The van der Waals surface area contributed by atoms with Gasteiger partial charge in [0.2, 0.25) is 0 Å². The van der Waals surface area contributed by atoms with Crippen molar-refractivity contribution in [3.63, 3.8) is 0 Å². The van der Waals surface area contributed by atoms with Crippen molar-refractivity contribution >= 4 is 44.2 Å². The van der Waals surface area contributed by atoms with Gasteiger partial charge >= 0.3 is 0 Å². The number of pyridine rings is 1. The molecular formula is C6H6BrIN2. The first-order chi connectivity index (χ1) is 4.74. The van der Waals surface area contributed by atoms with Crippen LogP contribution in [0.25, 0.3) is 0 Å². The number of rotatable bonds is 1. The first-order valence-corrected chi connectivity index (χ1v) is 4.60. The topological polar surface area (TPSA) is 24.9 Å². The molecule has 1 N–H and O–H groups in total. The van der Waals surface area contributed by atoms with Crippen molar-refractivity contribution in [2.45, 2.75) is 0 Å². The van der Waals surface area contributed by atoms with Crippen LogP contribution in [0.1, 0.15) is 0 Å². The van der Waals surface area contributed by atoms with Gasteiger partial charge in [0.05, 0.1) is 11.9 Å². The van der Waals surface area contributed by atoms with Crippen LogP contribution in [0.3, 0.4) is 0 Å². The molecule has 1 aromatic heterocycles. The molecule has 1 heterocycles. The van der Waals surface area contributed by atoms with Crippen LogP contribution in [0.4, 0.5) is 5.69 Å². The normalized spacial score (nSPS) is 9.50. The number of hydrogen-bond acceptors (Lipinski definition) is 2. The minimum atomic E-state index is 0.871. The van der Waals surface area contributed by atoms with E-state index >= 15 is 0 Å². The second-order valence-electron chi connectivity index (χ2n) is 1.74. The summed E-state index contributed by atoms with van der Waals surface area (Å²) in [5.74, 6) is 0. The molecule has 0 spiro atoms. The van der Waals surface area contributed by atoms with Crippen molar-refractivity contribution in [2.75, 3.05) is 12.4 Å². The largest absolute Gasteiger partial charge is 0.386 e. The first kappa shape index (κ1) is 8.26. The van der Waals surface area contributed by atoms with E-state index in [4.69, 9.17) is 0 Å². The van der Waals surface area contributed by atoms with Crippen LogP contribution < -0.4 is 5.32 Å². The van der Waals surface area contributed by atoms with Crippen LogP contribution in [0.15, 0.2) is 16.9 Å². The highest BCUT2D eigenvalue weighted by atomic mass is 127. The Morgan fingerprint density at radius 1 is 1.70 bits per heavy atom. The van der Waals surface area contributed by atoms with E-state index in [0.717, 1.165) is 10.3 Å². The summed E-state index contributed by atoms with van der Waals surface area (Å²) < 4.78 is 2.04. The van der Waals surface area contributed by atoms with Crippen molar-refractivity contribution in [2.24, 2.45) is 0 Å². The highest BCUT2D eigenvalue weighted by Gasteiger charge is 1.96. The molecule has 1 aromatic rings. The summed E-state index contributed by atoms with van der Waals surface area (Å²) in [6, 6.07) is 1.96. The summed E-state index contributed by atoms with van der Waals surface area (Å²) in [5, 5.41) is 3.03. The lowest BCUT2D eigenvalue weighted by Crippen LogP contribution is -1.92. The van der Waals surface area contributed by atoms with Crippen LogP contribution >= 0.6 is 38.5 Å². The lowest BCUT2D eigenvalue weighted by atomic mass is 10.4. The molecule has 0 saturated heterocycles. The maximum Gasteiger partial charge on any atom is 0.107 e. The second kappa shape index (κ2) is 3.52. The zero-order valence-corrected chi connectivity index (χ0v) is 9.10. The van der Waals surface area contributed by atoms with E-state index in [2.05, 4.69) is 48.8 Å². The molecule has 0 aliphatic carbocycles. The molecule has 1 rings (SSSR count). The summed E-state index contributed by atoms with van der Waals surface area (Å²) in [7, 11) is 1.88. The van der Waals surface area contributed by atoms with Gasteiger partial charge in [-0.3, -0.25) is 0 Å². The minimum absolute atomic E-state index is 0.871. The Morgan fingerprint density at radius 2 is 2.40 bits per heavy atom. The standard InChI is InChI=1S/C6H6BrIN2/c1-9-5-3-10-6(7)2-4(5)8/h2-3,9H,1H3. The highest BCUT2D eigenvalue weighted by Crippen LogP contribution is 2.19. The van der Waals surface area contributed by atoms with Crippen molar-refractivity contribution in [1.82, 2.24) is 4.98 Å². The monoisotopic (exact) mass is 312 g/mol. The quantitative estimate of drug-likeness (QED) is 0.636. The Balaban J connectivity index is 3.07. The first-order valence-electron chi connectivity index (χ1n) is 2.73. The second-order valence-corrected chi connectivity index (χ2v) is 3.71. The van der Waals surface area contributed by atoms with Crippen molar-refractivity contribution in [1.29, 1.82) is 0 Å². The maximum absolute atomic E-state index is 4.06. The number of halogens is 2. The third-order valence-electron chi connectivity index (χ3n) is 1.09. The molecule has 4 heteroatoms. The van der Waals surface area contributed by atoms with E-state index in [-0.39, 0.29) is 0 Å². The smallest absolute Gasteiger partial charge is 0.107 e. The summed E-state index contributed by atoms with van der Waals surface area (Å²) in [6.07, 6.45) is 1.80. The van der Waals surface area contributed by atoms with E-state index in [1.165, 1.54) is 3.57 Å². The predicted octanol–water partition coefficient (Wildman–Crippen LogP) is 2.49. The summed E-state index contributed by atoms with van der Waals surface area (Å²) in [6.45, 7) is 0. The van der Waals surface area contributed by atoms with Crippen LogP contribution in [0.2, 0.25) is 0 Å². The number of aromatic nitrogens is 1. The van der Waals surface area contributed by atoms with Gasteiger partial charge in [-0.15, -0.1) is 0 Å². The summed E-state index contributed by atoms with van der Waals surface area (Å²) in [5.41, 5.74) is 1.06. The van der Waals surface area contributed by atoms with Crippen LogP contribution in [0.5, 0.6) is 0 Å². The van der Waals surface area contributed by atoms with Gasteiger partial charge in [-0.25, -0.2) is 4.98 Å². The summed E-state index contributed by atoms with van der Waals surface area (Å²) >= 11 is 5.54. The molecule has 0 aliphatic rings. The molecule has 0 fully saturated rings. The molecular weight excluding hydrogens is 307 g/mol. The van der Waals surface area contributed by atoms with Gasteiger partial charge in [0.15, 0.2) is 0 Å². The number of anilines is 1. The molecule has 54 valence electrons. The fourth-order valence-electron chi connectivity index (χ4n) is 0.591. The van der Waals surface area contributed by atoms with Crippen LogP contribution in [0, 0.1) is 3.57 Å². The zero-order chi connectivity index (χ0) is 7.56. The van der Waals surface area contributed by atoms with Crippen LogP contribution in [-0.4, -0.2) is 12.0 Å². The third kappa shape index (κ3) is 1.82. The molecule has 0 unspecified atom stereocenters. The lowest BCUT2D eigenvalue weighted by molar-refractivity contribution is 1.25. The Morgan fingerprint density at radius 3 is 2.90 bits per heavy atom. The molecule has 0 bridgehead atoms. The molecule has 10 heavy (non-hydrogen) atoms. The Kier molecular flexibility index (Phi) is 2.91. The summed E-state index contributed by atoms with van der Waals surface area (Å²) in [4.78, 5) is 4.06. The van der Waals surface area contributed by atoms with E-state index in [9.17, 15) is 0 Å². The fourth-order valence-corrected chi connectivity index (χ4v) is 2.05. The van der Waals surface area contributed by atoms with Gasteiger partial charge in [-0.2, -0.15) is 0 Å². The molecule has 0 aromatic carbocycles. The van der Waals surface area contributed by atoms with E-state index in [1.54, 1.807) is 6.20 Å². The third-order valence-corrected chi connectivity index (χ3v) is 2.42. The Labute approximate surface area is 81.7 Å². The van der Waals surface area contributed by atoms with Crippen LogP contribution in [-0.2, 0) is 0 Å². The number of hydrogen-bond donors (Lipinski definition) is 1. The van der Waals surface area contributed by atoms with Gasteiger partial charge in [0.25, 0.3) is 0 Å². The van der Waals surface area contributed by atoms with E-state index in [0.29, 0.717) is 0 Å². The van der Waals surface area contributed by atoms with Crippen molar-refractivity contribution in [3.05, 3.63) is 20.4 Å². The van der Waals surface area contributed by atoms with Gasteiger partial charge in [-0.05, 0) is 44.6 Å². The van der Waals surface area contributed by atoms with Gasteiger partial charge in [0.1, 0.15) is 4.60 Å². The Hall–Kier alpha value is 0.160. The minimum Gasteiger partial charge on any atom is -0.386 e. The molecule has 0 radical (unpaired) electrons. The SMILES string of the molecule is CNc1cnc(Br)cc1I. The highest BCUT2D eigenvalue weighted by molar-refractivity contribution is 14.1. The molecule has 0 aliphatic heterocycles. The van der Waals surface area contributed by atoms with Crippen molar-refractivity contribution < 1.29 is 0 Å². The fraction of sp³-hybridized carbons (Fsp3) is 0.167. The average Bonchev–Trinajstić information content (AvgIpc) is 1.88. The van der Waals surface area contributed by atoms with Gasteiger partial charge < -0.3 is 5.32 Å². The lowest BCUT2D eigenvalue weighted by Gasteiger charge is -2.01. The predicted molar refractivity (Wildman–Crippen MR) is 54.2 cm³/mol. The average molecular weight is 313 g/mol. The molecule has 2 nitrogen and oxygen atoms in total. The zero-order valence-electron chi connectivity index (χ0n) is 5.36. The number of nitrogens with zero attached hydrogens (tertiary/aromatic N) is 1. The number of nitrogens with one attached hydrogen (secondary N) is 1. The maximum atomic E-state index is 4.06. The Bertz CT molecular complexity index is 239. The molecule has 0 amide bonds. The van der Waals surface area contributed by atoms with Crippen molar-refractivity contribution in [3.8, 4) is 0 Å². The van der Waals surface area contributed by atoms with E-state index < -0.39 is 0 Å². The molecule has 0 saturated carbocycles.